The zero-order valence-corrected chi connectivity index (χ0v) is 12.7. The summed E-state index contributed by atoms with van der Waals surface area (Å²) in [5.74, 6) is -1.13. The van der Waals surface area contributed by atoms with Crippen LogP contribution in [0.2, 0.25) is 5.02 Å². The van der Waals surface area contributed by atoms with Gasteiger partial charge in [0.25, 0.3) is 0 Å². The fourth-order valence-electron chi connectivity index (χ4n) is 1.83. The zero-order chi connectivity index (χ0) is 14.9. The molecule has 1 N–H and O–H groups in total. The summed E-state index contributed by atoms with van der Waals surface area (Å²) in [7, 11) is 1.34. The molecule has 1 unspecified atom stereocenters. The van der Waals surface area contributed by atoms with Crippen LogP contribution in [-0.2, 0) is 0 Å². The maximum atomic E-state index is 13.9. The Kier molecular flexibility index (Phi) is 4.62. The van der Waals surface area contributed by atoms with E-state index in [-0.39, 0.29) is 26.4 Å². The lowest BCUT2D eigenvalue weighted by atomic mass is 10.00. The molecule has 0 radical (unpaired) electrons. The van der Waals surface area contributed by atoms with E-state index in [1.807, 2.05) is 0 Å². The number of rotatable bonds is 3. The van der Waals surface area contributed by atoms with E-state index in [0.717, 1.165) is 6.07 Å². The number of aliphatic hydroxyl groups is 1. The van der Waals surface area contributed by atoms with Crippen molar-refractivity contribution in [2.75, 3.05) is 7.11 Å². The second-order valence-electron chi connectivity index (χ2n) is 4.05. The average molecular weight is 364 g/mol. The number of benzene rings is 2. The largest absolute Gasteiger partial charge is 0.496 e. The third-order valence-corrected chi connectivity index (χ3v) is 3.74. The summed E-state index contributed by atoms with van der Waals surface area (Å²) in [5.41, 5.74) is 0.233. The quantitative estimate of drug-likeness (QED) is 0.872. The molecule has 0 fully saturated rings. The highest BCUT2D eigenvalue weighted by Crippen LogP contribution is 2.35. The van der Waals surface area contributed by atoms with Gasteiger partial charge in [-0.25, -0.2) is 8.78 Å². The van der Waals surface area contributed by atoms with Crippen molar-refractivity contribution in [3.8, 4) is 5.75 Å². The highest BCUT2D eigenvalue weighted by Gasteiger charge is 2.21. The van der Waals surface area contributed by atoms with Gasteiger partial charge in [-0.05, 0) is 28.1 Å². The predicted octanol–water partition coefficient (Wildman–Crippen LogP) is 4.47. The first kappa shape index (κ1) is 15.2. The van der Waals surface area contributed by atoms with Gasteiger partial charge in [-0.1, -0.05) is 23.7 Å². The van der Waals surface area contributed by atoms with Gasteiger partial charge >= 0.3 is 0 Å². The lowest BCUT2D eigenvalue weighted by Gasteiger charge is -2.17. The topological polar surface area (TPSA) is 29.5 Å². The van der Waals surface area contributed by atoms with Crippen LogP contribution in [0.5, 0.6) is 5.75 Å². The molecule has 2 nitrogen and oxygen atoms in total. The van der Waals surface area contributed by atoms with Crippen LogP contribution in [-0.4, -0.2) is 12.2 Å². The Bertz CT molecular complexity index is 649. The van der Waals surface area contributed by atoms with Crippen LogP contribution in [0.15, 0.2) is 34.8 Å². The van der Waals surface area contributed by atoms with Gasteiger partial charge in [-0.3, -0.25) is 0 Å². The molecular formula is C14H10BrClF2O2. The maximum Gasteiger partial charge on any atom is 0.147 e. The number of halogens is 4. The van der Waals surface area contributed by atoms with Crippen LogP contribution in [0.1, 0.15) is 17.2 Å². The Labute approximate surface area is 128 Å². The van der Waals surface area contributed by atoms with Crippen molar-refractivity contribution in [1.82, 2.24) is 0 Å². The summed E-state index contributed by atoms with van der Waals surface area (Å²) in [6, 6.07) is 6.77. The Hall–Kier alpha value is -1.17. The van der Waals surface area contributed by atoms with Gasteiger partial charge in [0.1, 0.15) is 23.5 Å². The summed E-state index contributed by atoms with van der Waals surface area (Å²) in [6.45, 7) is 0. The van der Waals surface area contributed by atoms with Crippen LogP contribution >= 0.6 is 27.5 Å². The number of methoxy groups -OCH3 is 1. The number of ether oxygens (including phenoxy) is 1. The molecule has 0 bridgehead atoms. The second kappa shape index (κ2) is 6.08. The Morgan fingerprint density at radius 1 is 1.25 bits per heavy atom. The molecule has 0 aliphatic heterocycles. The Morgan fingerprint density at radius 2 is 1.95 bits per heavy atom. The molecular weight excluding hydrogens is 354 g/mol. The van der Waals surface area contributed by atoms with Crippen molar-refractivity contribution >= 4 is 27.5 Å². The third-order valence-electron chi connectivity index (χ3n) is 2.84. The highest BCUT2D eigenvalue weighted by atomic mass is 79.9. The van der Waals surface area contributed by atoms with Gasteiger partial charge in [0, 0.05) is 17.2 Å². The SMILES string of the molecule is COc1cc(F)c(Br)cc1C(O)c1cccc(Cl)c1F. The molecule has 1 atom stereocenters. The fourth-order valence-corrected chi connectivity index (χ4v) is 2.38. The Morgan fingerprint density at radius 3 is 2.60 bits per heavy atom. The van der Waals surface area contributed by atoms with Crippen LogP contribution < -0.4 is 4.74 Å². The van der Waals surface area contributed by atoms with E-state index in [2.05, 4.69) is 15.9 Å². The smallest absolute Gasteiger partial charge is 0.147 e. The lowest BCUT2D eigenvalue weighted by Crippen LogP contribution is -2.06. The van der Waals surface area contributed by atoms with Crippen molar-refractivity contribution in [3.05, 3.63) is 62.6 Å². The highest BCUT2D eigenvalue weighted by molar-refractivity contribution is 9.10. The maximum absolute atomic E-state index is 13.9. The van der Waals surface area contributed by atoms with Crippen molar-refractivity contribution < 1.29 is 18.6 Å². The number of aliphatic hydroxyl groups excluding tert-OH is 1. The van der Waals surface area contributed by atoms with Crippen molar-refractivity contribution in [2.24, 2.45) is 0 Å². The zero-order valence-electron chi connectivity index (χ0n) is 10.3. The minimum absolute atomic E-state index is 0.00527. The van der Waals surface area contributed by atoms with Crippen LogP contribution in [0.4, 0.5) is 8.78 Å². The molecule has 0 aliphatic rings. The van der Waals surface area contributed by atoms with Gasteiger partial charge in [0.15, 0.2) is 0 Å². The van der Waals surface area contributed by atoms with Gasteiger partial charge in [-0.2, -0.15) is 0 Å². The molecule has 0 saturated carbocycles. The Balaban J connectivity index is 2.55. The second-order valence-corrected chi connectivity index (χ2v) is 5.32. The molecule has 2 aromatic carbocycles. The van der Waals surface area contributed by atoms with Crippen LogP contribution in [0.25, 0.3) is 0 Å². The number of hydrogen-bond acceptors (Lipinski definition) is 2. The predicted molar refractivity (Wildman–Crippen MR) is 76.1 cm³/mol. The van der Waals surface area contributed by atoms with E-state index in [0.29, 0.717) is 0 Å². The van der Waals surface area contributed by atoms with E-state index in [1.54, 1.807) is 0 Å². The van der Waals surface area contributed by atoms with Crippen molar-refractivity contribution in [2.45, 2.75) is 6.10 Å². The molecule has 0 aliphatic carbocycles. The van der Waals surface area contributed by atoms with Gasteiger partial charge < -0.3 is 9.84 Å². The van der Waals surface area contributed by atoms with Crippen LogP contribution in [0.3, 0.4) is 0 Å². The molecule has 2 rings (SSSR count). The first-order chi connectivity index (χ1) is 9.45. The normalized spacial score (nSPS) is 12.3. The summed E-state index contributed by atoms with van der Waals surface area (Å²) in [5, 5.41) is 10.2. The minimum atomic E-state index is -1.32. The lowest BCUT2D eigenvalue weighted by molar-refractivity contribution is 0.209. The van der Waals surface area contributed by atoms with Gasteiger partial charge in [0.2, 0.25) is 0 Å². The molecule has 20 heavy (non-hydrogen) atoms. The van der Waals surface area contributed by atoms with Gasteiger partial charge in [0.05, 0.1) is 16.6 Å². The van der Waals surface area contributed by atoms with E-state index < -0.39 is 17.7 Å². The first-order valence-corrected chi connectivity index (χ1v) is 6.77. The van der Waals surface area contributed by atoms with E-state index in [4.69, 9.17) is 16.3 Å². The van der Waals surface area contributed by atoms with E-state index in [1.165, 1.54) is 31.4 Å². The summed E-state index contributed by atoms with van der Waals surface area (Å²) in [4.78, 5) is 0. The monoisotopic (exact) mass is 362 g/mol. The van der Waals surface area contributed by atoms with Crippen molar-refractivity contribution in [1.29, 1.82) is 0 Å². The molecule has 106 valence electrons. The van der Waals surface area contributed by atoms with Crippen LogP contribution in [0, 0.1) is 11.6 Å². The molecule has 0 aromatic heterocycles. The standard InChI is InChI=1S/C14H10BrClF2O2/c1-20-12-6-11(17)9(15)5-8(12)14(19)7-3-2-4-10(16)13(7)18/h2-6,14,19H,1H3. The molecule has 2 aromatic rings. The molecule has 0 amide bonds. The van der Waals surface area contributed by atoms with E-state index in [9.17, 15) is 13.9 Å². The first-order valence-electron chi connectivity index (χ1n) is 5.60. The molecule has 0 heterocycles. The molecule has 0 spiro atoms. The van der Waals surface area contributed by atoms with Gasteiger partial charge in [-0.15, -0.1) is 0 Å². The minimum Gasteiger partial charge on any atom is -0.496 e. The number of hydrogen-bond donors (Lipinski definition) is 1. The van der Waals surface area contributed by atoms with Crippen molar-refractivity contribution in [3.63, 3.8) is 0 Å². The third kappa shape index (κ3) is 2.80. The summed E-state index contributed by atoms with van der Waals surface area (Å²) < 4.78 is 32.6. The fraction of sp³-hybridized carbons (Fsp3) is 0.143. The summed E-state index contributed by atoms with van der Waals surface area (Å²) in [6.07, 6.45) is -1.32. The molecule has 6 heteroatoms. The summed E-state index contributed by atoms with van der Waals surface area (Å²) >= 11 is 8.71. The van der Waals surface area contributed by atoms with E-state index >= 15 is 0 Å². The average Bonchev–Trinajstić information content (AvgIpc) is 2.43. The molecule has 0 saturated heterocycles.